The summed E-state index contributed by atoms with van der Waals surface area (Å²) in [5.41, 5.74) is 24.2. The van der Waals surface area contributed by atoms with Crippen molar-refractivity contribution in [2.24, 2.45) is 0 Å². The molecule has 2 heteroatoms. The highest BCUT2D eigenvalue weighted by atomic mass is 16.3. The first kappa shape index (κ1) is 41.9. The normalized spacial score (nSPS) is 13.6. The van der Waals surface area contributed by atoms with Crippen LogP contribution in [0.25, 0.3) is 77.6 Å². The average molecular weight is 920 g/mol. The van der Waals surface area contributed by atoms with Gasteiger partial charge in [0.2, 0.25) is 0 Å². The lowest BCUT2D eigenvalue weighted by atomic mass is 9.66. The summed E-state index contributed by atoms with van der Waals surface area (Å²) < 4.78 is 7.12. The summed E-state index contributed by atoms with van der Waals surface area (Å²) in [5.74, 6) is 0. The Balaban J connectivity index is 0.887. The molecule has 0 bridgehead atoms. The van der Waals surface area contributed by atoms with Crippen LogP contribution in [0.4, 0.5) is 17.1 Å². The third-order valence-electron chi connectivity index (χ3n) is 15.8. The maximum atomic E-state index is 7.12. The zero-order valence-electron chi connectivity index (χ0n) is 40.2. The van der Waals surface area contributed by atoms with Gasteiger partial charge in [-0.05, 0) is 120 Å². The maximum absolute atomic E-state index is 7.12. The SMILES string of the molecule is CC1(C)c2ccccc2-c2ccc(N(c3ccc(-c4ccc5c(c4)oc4c(-c6cccc7c6C(c6ccccc6)(c6ccccc6)c6ccccc6-7)cccc45)cc3)c3ccccc3-c3ccccc3)cc21. The number of furan rings is 1. The molecule has 0 amide bonds. The van der Waals surface area contributed by atoms with Crippen LogP contribution in [0.3, 0.4) is 0 Å². The Morgan fingerprint density at radius 1 is 0.333 bits per heavy atom. The molecule has 0 radical (unpaired) electrons. The van der Waals surface area contributed by atoms with E-state index in [1.54, 1.807) is 0 Å². The molecule has 0 spiro atoms. The van der Waals surface area contributed by atoms with E-state index < -0.39 is 5.41 Å². The summed E-state index contributed by atoms with van der Waals surface area (Å²) in [5, 5.41) is 2.21. The summed E-state index contributed by atoms with van der Waals surface area (Å²) in [6.07, 6.45) is 0. The maximum Gasteiger partial charge on any atom is 0.143 e. The third kappa shape index (κ3) is 6.22. The second-order valence-corrected chi connectivity index (χ2v) is 19.9. The molecule has 0 unspecified atom stereocenters. The summed E-state index contributed by atoms with van der Waals surface area (Å²) in [7, 11) is 0. The molecule has 340 valence electrons. The number of fused-ring (bicyclic) bond motifs is 9. The number of hydrogen-bond acceptors (Lipinski definition) is 2. The van der Waals surface area contributed by atoms with E-state index in [1.165, 1.54) is 72.3 Å². The Morgan fingerprint density at radius 2 is 0.861 bits per heavy atom. The molecule has 72 heavy (non-hydrogen) atoms. The fourth-order valence-electron chi connectivity index (χ4n) is 12.5. The van der Waals surface area contributed by atoms with Crippen molar-refractivity contribution in [1.82, 2.24) is 0 Å². The van der Waals surface area contributed by atoms with Crippen LogP contribution in [0.2, 0.25) is 0 Å². The standard InChI is InChI=1S/C70H49NO/c1-69(2)62-33-15-12-27-54(62)56-43-41-52(45-64(56)69)71(65-35-17-14-26-53(65)47-20-6-3-7-21-47)51-39-36-46(37-40-51)48-38-42-57-60-31-19-32-61(68(60)72-66(57)44-48)59-30-18-29-58-55-28-13-16-34-63(55)70(67(58)59,49-22-8-4-9-23-49)50-24-10-5-11-25-50/h3-45H,1-2H3. The van der Waals surface area contributed by atoms with Gasteiger partial charge < -0.3 is 9.32 Å². The van der Waals surface area contributed by atoms with Crippen LogP contribution in [0, 0.1) is 0 Å². The molecule has 14 rings (SSSR count). The number of anilines is 3. The van der Waals surface area contributed by atoms with Gasteiger partial charge in [-0.2, -0.15) is 0 Å². The van der Waals surface area contributed by atoms with Crippen molar-refractivity contribution in [2.45, 2.75) is 24.7 Å². The van der Waals surface area contributed by atoms with Gasteiger partial charge >= 0.3 is 0 Å². The van der Waals surface area contributed by atoms with E-state index in [0.717, 1.165) is 55.7 Å². The zero-order chi connectivity index (χ0) is 48.0. The van der Waals surface area contributed by atoms with Crippen molar-refractivity contribution < 1.29 is 4.42 Å². The minimum Gasteiger partial charge on any atom is -0.455 e. The Hall–Kier alpha value is -8.98. The molecule has 0 fully saturated rings. The largest absolute Gasteiger partial charge is 0.455 e. The van der Waals surface area contributed by atoms with Crippen molar-refractivity contribution in [2.75, 3.05) is 4.90 Å². The number of para-hydroxylation sites is 2. The van der Waals surface area contributed by atoms with Crippen molar-refractivity contribution in [1.29, 1.82) is 0 Å². The van der Waals surface area contributed by atoms with Gasteiger partial charge in [0.05, 0.1) is 11.1 Å². The van der Waals surface area contributed by atoms with E-state index in [9.17, 15) is 0 Å². The molecule has 1 heterocycles. The quantitative estimate of drug-likeness (QED) is 0.151. The van der Waals surface area contributed by atoms with Crippen molar-refractivity contribution in [3.63, 3.8) is 0 Å². The second-order valence-electron chi connectivity index (χ2n) is 19.9. The summed E-state index contributed by atoms with van der Waals surface area (Å²) in [6.45, 7) is 4.71. The molecule has 2 aliphatic rings. The summed E-state index contributed by atoms with van der Waals surface area (Å²) >= 11 is 0. The van der Waals surface area contributed by atoms with Gasteiger partial charge in [-0.15, -0.1) is 0 Å². The van der Waals surface area contributed by atoms with Crippen LogP contribution >= 0.6 is 0 Å². The lowest BCUT2D eigenvalue weighted by molar-refractivity contribution is 0.660. The van der Waals surface area contributed by atoms with Gasteiger partial charge in [-0.25, -0.2) is 0 Å². The predicted molar refractivity (Wildman–Crippen MR) is 300 cm³/mol. The average Bonchev–Trinajstić information content (AvgIpc) is 4.06. The minimum atomic E-state index is -0.541. The molecule has 0 aliphatic heterocycles. The third-order valence-corrected chi connectivity index (χ3v) is 15.8. The second kappa shape index (κ2) is 16.3. The minimum absolute atomic E-state index is 0.131. The lowest BCUT2D eigenvalue weighted by Crippen LogP contribution is -2.29. The van der Waals surface area contributed by atoms with Crippen LogP contribution < -0.4 is 4.90 Å². The lowest BCUT2D eigenvalue weighted by Gasteiger charge is -2.35. The first-order valence-electron chi connectivity index (χ1n) is 25.1. The van der Waals surface area contributed by atoms with E-state index in [4.69, 9.17) is 4.42 Å². The molecular weight excluding hydrogens is 871 g/mol. The van der Waals surface area contributed by atoms with Gasteiger partial charge in [0, 0.05) is 38.7 Å². The Morgan fingerprint density at radius 3 is 1.58 bits per heavy atom. The van der Waals surface area contributed by atoms with Crippen molar-refractivity contribution >= 4 is 39.0 Å². The Labute approximate surface area is 420 Å². The number of benzene rings is 11. The van der Waals surface area contributed by atoms with E-state index >= 15 is 0 Å². The van der Waals surface area contributed by atoms with Crippen molar-refractivity contribution in [3.8, 4) is 55.6 Å². The molecule has 0 saturated heterocycles. The zero-order valence-corrected chi connectivity index (χ0v) is 40.2. The number of nitrogens with zero attached hydrogens (tertiary/aromatic N) is 1. The van der Waals surface area contributed by atoms with Crippen LogP contribution in [0.5, 0.6) is 0 Å². The van der Waals surface area contributed by atoms with E-state index in [2.05, 4.69) is 280 Å². The fraction of sp³-hybridized carbons (Fsp3) is 0.0571. The van der Waals surface area contributed by atoms with Gasteiger partial charge in [-0.1, -0.05) is 232 Å². The number of hydrogen-bond donors (Lipinski definition) is 0. The topological polar surface area (TPSA) is 16.4 Å². The highest BCUT2D eigenvalue weighted by Crippen LogP contribution is 2.59. The van der Waals surface area contributed by atoms with Gasteiger partial charge in [0.15, 0.2) is 0 Å². The molecule has 2 nitrogen and oxygen atoms in total. The van der Waals surface area contributed by atoms with E-state index in [0.29, 0.717) is 0 Å². The van der Waals surface area contributed by atoms with E-state index in [1.807, 2.05) is 0 Å². The van der Waals surface area contributed by atoms with Crippen LogP contribution in [-0.2, 0) is 10.8 Å². The van der Waals surface area contributed by atoms with Gasteiger partial charge in [-0.3, -0.25) is 0 Å². The fourth-order valence-corrected chi connectivity index (χ4v) is 12.5. The van der Waals surface area contributed by atoms with Gasteiger partial charge in [0.25, 0.3) is 0 Å². The summed E-state index contributed by atoms with van der Waals surface area (Å²) in [4.78, 5) is 2.43. The highest BCUT2D eigenvalue weighted by molar-refractivity contribution is 6.11. The Bertz CT molecular complexity index is 4010. The van der Waals surface area contributed by atoms with Crippen LogP contribution in [-0.4, -0.2) is 0 Å². The first-order valence-corrected chi connectivity index (χ1v) is 25.1. The van der Waals surface area contributed by atoms with E-state index in [-0.39, 0.29) is 5.41 Å². The predicted octanol–water partition coefficient (Wildman–Crippen LogP) is 18.7. The molecular formula is C70H49NO. The molecule has 1 aromatic heterocycles. The van der Waals surface area contributed by atoms with Gasteiger partial charge in [0.1, 0.15) is 11.2 Å². The molecule has 0 N–H and O–H groups in total. The monoisotopic (exact) mass is 919 g/mol. The van der Waals surface area contributed by atoms with Crippen LogP contribution in [0.15, 0.2) is 265 Å². The summed E-state index contributed by atoms with van der Waals surface area (Å²) in [6, 6.07) is 95.7. The molecule has 0 atom stereocenters. The highest BCUT2D eigenvalue weighted by Gasteiger charge is 2.47. The number of rotatable bonds is 8. The Kier molecular flexibility index (Phi) is 9.50. The van der Waals surface area contributed by atoms with Crippen LogP contribution in [0.1, 0.15) is 47.2 Å². The first-order chi connectivity index (χ1) is 35.5. The van der Waals surface area contributed by atoms with Crippen molar-refractivity contribution in [3.05, 3.63) is 294 Å². The smallest absolute Gasteiger partial charge is 0.143 e. The molecule has 11 aromatic carbocycles. The molecule has 12 aromatic rings. The molecule has 0 saturated carbocycles. The molecule has 2 aliphatic carbocycles.